The van der Waals surface area contributed by atoms with E-state index in [1.54, 1.807) is 0 Å². The second-order valence-electron chi connectivity index (χ2n) is 15.4. The van der Waals surface area contributed by atoms with E-state index in [0.717, 1.165) is 70.6 Å². The Labute approximate surface area is 342 Å². The lowest BCUT2D eigenvalue weighted by Gasteiger charge is -2.24. The van der Waals surface area contributed by atoms with Crippen molar-refractivity contribution in [3.8, 4) is 0 Å². The molecule has 322 valence electrons. The number of quaternary nitrogens is 1. The number of nitrogens with zero attached hydrogens (tertiary/aromatic N) is 1. The van der Waals surface area contributed by atoms with Crippen LogP contribution in [0.1, 0.15) is 155 Å². The fraction of sp³-hybridized carbons (Fsp3) is 0.696. The van der Waals surface area contributed by atoms with Gasteiger partial charge in [-0.1, -0.05) is 125 Å². The van der Waals surface area contributed by atoms with Crippen molar-refractivity contribution in [3.63, 3.8) is 0 Å². The van der Waals surface area contributed by atoms with E-state index >= 15 is 0 Å². The van der Waals surface area contributed by atoms with E-state index in [-0.39, 0.29) is 26.1 Å². The number of rotatable bonds is 38. The SMILES string of the molecule is CCCCC/C=C/C/C=C/C/C=C/CCCCCCC(=O)O[C@H](COC(=O)CCCC/C=C/C/C=C/C/C=C/CCCCC)COP(=O)(O)OCC[N+](C)(C)C. The quantitative estimate of drug-likeness (QED) is 0.0216. The monoisotopic (exact) mass is 807 g/mol. The minimum Gasteiger partial charge on any atom is -0.462 e. The highest BCUT2D eigenvalue weighted by Crippen LogP contribution is 2.43. The highest BCUT2D eigenvalue weighted by molar-refractivity contribution is 7.47. The average Bonchev–Trinajstić information content (AvgIpc) is 3.15. The van der Waals surface area contributed by atoms with Gasteiger partial charge >= 0.3 is 19.8 Å². The predicted molar refractivity (Wildman–Crippen MR) is 233 cm³/mol. The molecule has 0 aromatic rings. The summed E-state index contributed by atoms with van der Waals surface area (Å²) >= 11 is 0. The topological polar surface area (TPSA) is 108 Å². The first kappa shape index (κ1) is 53.5. The molecule has 2 atom stereocenters. The summed E-state index contributed by atoms with van der Waals surface area (Å²) in [6, 6.07) is 0. The van der Waals surface area contributed by atoms with Gasteiger partial charge in [0.15, 0.2) is 6.10 Å². The summed E-state index contributed by atoms with van der Waals surface area (Å²) < 4.78 is 34.2. The number of hydrogen-bond donors (Lipinski definition) is 1. The lowest BCUT2D eigenvalue weighted by atomic mass is 10.1. The van der Waals surface area contributed by atoms with Crippen LogP contribution < -0.4 is 0 Å². The highest BCUT2D eigenvalue weighted by Gasteiger charge is 2.27. The average molecular weight is 807 g/mol. The smallest absolute Gasteiger partial charge is 0.462 e. The van der Waals surface area contributed by atoms with Gasteiger partial charge in [0.25, 0.3) is 0 Å². The van der Waals surface area contributed by atoms with Crippen LogP contribution in [0.15, 0.2) is 72.9 Å². The molecule has 0 aromatic carbocycles. The molecule has 1 N–H and O–H groups in total. The number of carbonyl (C=O) groups excluding carboxylic acids is 2. The Balaban J connectivity index is 4.50. The predicted octanol–water partition coefficient (Wildman–Crippen LogP) is 12.2. The Morgan fingerprint density at radius 3 is 1.45 bits per heavy atom. The lowest BCUT2D eigenvalue weighted by molar-refractivity contribution is -0.870. The number of allylic oxidation sites excluding steroid dienone is 12. The summed E-state index contributed by atoms with van der Waals surface area (Å²) in [7, 11) is 1.43. The van der Waals surface area contributed by atoms with Crippen LogP contribution in [-0.4, -0.2) is 74.9 Å². The van der Waals surface area contributed by atoms with Crippen molar-refractivity contribution in [2.24, 2.45) is 0 Å². The lowest BCUT2D eigenvalue weighted by Crippen LogP contribution is -2.37. The molecule has 0 rings (SSSR count). The molecule has 0 aliphatic carbocycles. The molecule has 9 nitrogen and oxygen atoms in total. The van der Waals surface area contributed by atoms with Crippen molar-refractivity contribution in [1.82, 2.24) is 0 Å². The van der Waals surface area contributed by atoms with E-state index < -0.39 is 32.5 Å². The first-order valence-corrected chi connectivity index (χ1v) is 23.2. The van der Waals surface area contributed by atoms with Crippen molar-refractivity contribution in [2.75, 3.05) is 47.5 Å². The van der Waals surface area contributed by atoms with Crippen LogP contribution in [0.3, 0.4) is 0 Å². The largest absolute Gasteiger partial charge is 0.472 e. The van der Waals surface area contributed by atoms with Crippen LogP contribution in [0.25, 0.3) is 0 Å². The minimum atomic E-state index is -4.39. The molecule has 0 amide bonds. The summed E-state index contributed by atoms with van der Waals surface area (Å²) in [6.07, 6.45) is 46.6. The van der Waals surface area contributed by atoms with Gasteiger partial charge < -0.3 is 18.9 Å². The van der Waals surface area contributed by atoms with Gasteiger partial charge in [-0.2, -0.15) is 0 Å². The third kappa shape index (κ3) is 41.1. The van der Waals surface area contributed by atoms with Crippen molar-refractivity contribution < 1.29 is 42.1 Å². The number of esters is 2. The molecule has 0 aliphatic heterocycles. The van der Waals surface area contributed by atoms with Crippen molar-refractivity contribution in [1.29, 1.82) is 0 Å². The van der Waals surface area contributed by atoms with Crippen LogP contribution in [0.5, 0.6) is 0 Å². The van der Waals surface area contributed by atoms with Gasteiger partial charge in [-0.25, -0.2) is 4.57 Å². The molecule has 0 spiro atoms. The summed E-state index contributed by atoms with van der Waals surface area (Å²) in [4.78, 5) is 35.3. The highest BCUT2D eigenvalue weighted by atomic mass is 31.2. The normalized spacial score (nSPS) is 14.3. The number of unbranched alkanes of at least 4 members (excludes halogenated alkanes) is 12. The minimum absolute atomic E-state index is 0.0173. The molecular weight excluding hydrogens is 725 g/mol. The number of phosphoric acid groups is 1. The fourth-order valence-electron chi connectivity index (χ4n) is 5.26. The molecule has 56 heavy (non-hydrogen) atoms. The van der Waals surface area contributed by atoms with E-state index in [1.165, 1.54) is 44.9 Å². The number of hydrogen-bond acceptors (Lipinski definition) is 7. The Bertz CT molecular complexity index is 1180. The van der Waals surface area contributed by atoms with Crippen LogP contribution >= 0.6 is 7.82 Å². The third-order valence-electron chi connectivity index (χ3n) is 8.71. The number of phosphoric ester groups is 1. The Morgan fingerprint density at radius 1 is 0.554 bits per heavy atom. The molecule has 10 heteroatoms. The second kappa shape index (κ2) is 38.0. The number of ether oxygens (including phenoxy) is 2. The Morgan fingerprint density at radius 2 is 0.964 bits per heavy atom. The van der Waals surface area contributed by atoms with Gasteiger partial charge in [0.1, 0.15) is 19.8 Å². The maximum absolute atomic E-state index is 12.7. The fourth-order valence-corrected chi connectivity index (χ4v) is 6.00. The molecule has 1 unspecified atom stereocenters. The van der Waals surface area contributed by atoms with Crippen molar-refractivity contribution in [3.05, 3.63) is 72.9 Å². The summed E-state index contributed by atoms with van der Waals surface area (Å²) in [5.74, 6) is -0.876. The molecule has 0 bridgehead atoms. The van der Waals surface area contributed by atoms with Gasteiger partial charge in [-0.05, 0) is 89.9 Å². The molecule has 0 aliphatic rings. The maximum atomic E-state index is 12.7. The van der Waals surface area contributed by atoms with E-state index in [9.17, 15) is 19.0 Å². The molecule has 0 aromatic heterocycles. The van der Waals surface area contributed by atoms with Gasteiger partial charge in [-0.15, -0.1) is 0 Å². The standard InChI is InChI=1S/C46H80NO8P/c1-6-8-10-12-14-16-18-20-22-23-25-27-29-31-33-35-37-39-46(49)55-44(43-54-56(50,51)53-41-40-47(3,4)5)42-52-45(48)38-36-34-32-30-28-26-24-21-19-17-15-13-11-9-7-2/h14-17,20-22,24-25,27-28,30,44H,6-13,18-19,23,26,29,31-43H2,1-5H3/p+1/b16-14+,17-15+,22-20+,24-21+,27-25+,30-28+/t44-/m1/s1. The Kier molecular flexibility index (Phi) is 36.3. The molecule has 0 saturated carbocycles. The van der Waals surface area contributed by atoms with Crippen LogP contribution in [0.4, 0.5) is 0 Å². The zero-order valence-electron chi connectivity index (χ0n) is 36.1. The first-order chi connectivity index (χ1) is 27.0. The van der Waals surface area contributed by atoms with Crippen molar-refractivity contribution in [2.45, 2.75) is 161 Å². The zero-order chi connectivity index (χ0) is 41.4. The maximum Gasteiger partial charge on any atom is 0.472 e. The molecule has 0 heterocycles. The Hall–Kier alpha value is -2.55. The summed E-state index contributed by atoms with van der Waals surface area (Å²) in [5, 5.41) is 0. The van der Waals surface area contributed by atoms with Crippen molar-refractivity contribution >= 4 is 19.8 Å². The van der Waals surface area contributed by atoms with Crippen LogP contribution in [0, 0.1) is 0 Å². The second-order valence-corrected chi connectivity index (χ2v) is 16.8. The van der Waals surface area contributed by atoms with Gasteiger partial charge in [0.05, 0.1) is 27.7 Å². The van der Waals surface area contributed by atoms with E-state index in [0.29, 0.717) is 23.9 Å². The van der Waals surface area contributed by atoms with Crippen LogP contribution in [-0.2, 0) is 32.7 Å². The molecular formula is C46H81NO8P+. The van der Waals surface area contributed by atoms with Crippen LogP contribution in [0.2, 0.25) is 0 Å². The van der Waals surface area contributed by atoms with E-state index in [2.05, 4.69) is 86.8 Å². The van der Waals surface area contributed by atoms with Gasteiger partial charge in [-0.3, -0.25) is 18.6 Å². The number of carbonyl (C=O) groups is 2. The molecule has 0 fully saturated rings. The first-order valence-electron chi connectivity index (χ1n) is 21.7. The third-order valence-corrected chi connectivity index (χ3v) is 9.69. The van der Waals surface area contributed by atoms with E-state index in [4.69, 9.17) is 18.5 Å². The summed E-state index contributed by atoms with van der Waals surface area (Å²) in [5.41, 5.74) is 0. The number of likely N-dealkylation sites (N-methyl/N-ethyl adjacent to an activating group) is 1. The summed E-state index contributed by atoms with van der Waals surface area (Å²) in [6.45, 7) is 4.27. The molecule has 0 radical (unpaired) electrons. The molecule has 0 saturated heterocycles. The van der Waals surface area contributed by atoms with Gasteiger partial charge in [0, 0.05) is 12.8 Å². The van der Waals surface area contributed by atoms with E-state index in [1.807, 2.05) is 21.1 Å². The van der Waals surface area contributed by atoms with Gasteiger partial charge in [0.2, 0.25) is 0 Å². The zero-order valence-corrected chi connectivity index (χ0v) is 37.0.